The third kappa shape index (κ3) is 4.05. The van der Waals surface area contributed by atoms with Gasteiger partial charge in [-0.3, -0.25) is 4.90 Å². The molecule has 1 aromatic carbocycles. The zero-order valence-corrected chi connectivity index (χ0v) is 13.6. The highest BCUT2D eigenvalue weighted by Crippen LogP contribution is 2.29. The lowest BCUT2D eigenvalue weighted by molar-refractivity contribution is -0.182. The molecule has 0 aliphatic carbocycles. The van der Waals surface area contributed by atoms with Gasteiger partial charge in [-0.25, -0.2) is 4.79 Å². The van der Waals surface area contributed by atoms with E-state index in [2.05, 4.69) is 32.6 Å². The van der Waals surface area contributed by atoms with Gasteiger partial charge in [-0.15, -0.1) is 0 Å². The van der Waals surface area contributed by atoms with Gasteiger partial charge in [0.05, 0.1) is 23.9 Å². The van der Waals surface area contributed by atoms with E-state index in [0.717, 1.165) is 25.2 Å². The van der Waals surface area contributed by atoms with Crippen molar-refractivity contribution in [2.45, 2.75) is 45.4 Å². The smallest absolute Gasteiger partial charge is 0.338 e. The lowest BCUT2D eigenvalue weighted by Crippen LogP contribution is -2.56. The van der Waals surface area contributed by atoms with Crippen molar-refractivity contribution in [2.24, 2.45) is 0 Å². The quantitative estimate of drug-likeness (QED) is 0.803. The van der Waals surface area contributed by atoms with Gasteiger partial charge in [0.25, 0.3) is 0 Å². The average molecular weight is 291 g/mol. The lowest BCUT2D eigenvalue weighted by Gasteiger charge is -2.47. The van der Waals surface area contributed by atoms with Crippen molar-refractivity contribution in [1.82, 2.24) is 4.90 Å². The van der Waals surface area contributed by atoms with Crippen molar-refractivity contribution >= 4 is 5.97 Å². The molecule has 1 aliphatic rings. The minimum Gasteiger partial charge on any atom is -0.465 e. The van der Waals surface area contributed by atoms with Gasteiger partial charge >= 0.3 is 5.97 Å². The van der Waals surface area contributed by atoms with Crippen LogP contribution in [0.15, 0.2) is 24.3 Å². The molecule has 1 aromatic rings. The number of hydrogen-bond acceptors (Lipinski definition) is 4. The molecule has 1 heterocycles. The van der Waals surface area contributed by atoms with Crippen molar-refractivity contribution in [2.75, 3.05) is 20.2 Å². The first-order valence-corrected chi connectivity index (χ1v) is 7.31. The average Bonchev–Trinajstić information content (AvgIpc) is 2.34. The van der Waals surface area contributed by atoms with E-state index in [9.17, 15) is 4.79 Å². The fourth-order valence-corrected chi connectivity index (χ4v) is 3.27. The van der Waals surface area contributed by atoms with Gasteiger partial charge in [-0.1, -0.05) is 18.2 Å². The van der Waals surface area contributed by atoms with E-state index in [1.54, 1.807) is 0 Å². The van der Waals surface area contributed by atoms with Crippen LogP contribution in [0, 0.1) is 0 Å². The van der Waals surface area contributed by atoms with Gasteiger partial charge in [0.15, 0.2) is 0 Å². The Morgan fingerprint density at radius 2 is 1.76 bits per heavy atom. The Morgan fingerprint density at radius 1 is 1.19 bits per heavy atom. The van der Waals surface area contributed by atoms with E-state index in [1.807, 2.05) is 24.3 Å². The lowest BCUT2D eigenvalue weighted by atomic mass is 9.97. The topological polar surface area (TPSA) is 38.8 Å². The Bertz CT molecular complexity index is 507. The number of morpholine rings is 1. The van der Waals surface area contributed by atoms with Gasteiger partial charge < -0.3 is 9.47 Å². The predicted molar refractivity (Wildman–Crippen MR) is 82.3 cm³/mol. The number of ether oxygens (including phenoxy) is 2. The van der Waals surface area contributed by atoms with E-state index in [4.69, 9.17) is 9.47 Å². The molecular formula is C17H25NO3. The number of carbonyl (C=O) groups is 1. The summed E-state index contributed by atoms with van der Waals surface area (Å²) in [6, 6.07) is 7.63. The third-order valence-electron chi connectivity index (χ3n) is 3.58. The van der Waals surface area contributed by atoms with Crippen molar-refractivity contribution in [3.8, 4) is 0 Å². The van der Waals surface area contributed by atoms with Crippen LogP contribution < -0.4 is 0 Å². The van der Waals surface area contributed by atoms with Crippen LogP contribution in [-0.4, -0.2) is 42.3 Å². The molecule has 21 heavy (non-hydrogen) atoms. The van der Waals surface area contributed by atoms with E-state index in [1.165, 1.54) is 7.11 Å². The molecule has 0 aromatic heterocycles. The second-order valence-electron chi connectivity index (χ2n) is 6.92. The molecule has 0 N–H and O–H groups in total. The number of rotatable bonds is 3. The number of methoxy groups -OCH3 is 1. The van der Waals surface area contributed by atoms with Crippen molar-refractivity contribution in [3.63, 3.8) is 0 Å². The number of esters is 1. The maximum absolute atomic E-state index is 11.9. The summed E-state index contributed by atoms with van der Waals surface area (Å²) in [6.45, 7) is 10.8. The highest BCUT2D eigenvalue weighted by atomic mass is 16.5. The van der Waals surface area contributed by atoms with Crippen LogP contribution in [0.2, 0.25) is 0 Å². The Balaban J connectivity index is 2.20. The Kier molecular flexibility index (Phi) is 4.40. The van der Waals surface area contributed by atoms with Crippen molar-refractivity contribution < 1.29 is 14.3 Å². The molecule has 0 bridgehead atoms. The second-order valence-corrected chi connectivity index (χ2v) is 6.92. The monoisotopic (exact) mass is 291 g/mol. The molecule has 0 unspecified atom stereocenters. The maximum atomic E-state index is 11.9. The molecule has 1 fully saturated rings. The molecular weight excluding hydrogens is 266 g/mol. The van der Waals surface area contributed by atoms with Crippen LogP contribution in [0.1, 0.15) is 43.6 Å². The molecule has 1 aliphatic heterocycles. The first-order valence-electron chi connectivity index (χ1n) is 7.31. The van der Waals surface area contributed by atoms with Crippen molar-refractivity contribution in [3.05, 3.63) is 35.4 Å². The van der Waals surface area contributed by atoms with Gasteiger partial charge in [-0.05, 0) is 39.3 Å². The Morgan fingerprint density at radius 3 is 2.33 bits per heavy atom. The number of hydrogen-bond donors (Lipinski definition) is 0. The molecule has 0 spiro atoms. The molecule has 116 valence electrons. The minimum absolute atomic E-state index is 0.193. The van der Waals surface area contributed by atoms with Gasteiger partial charge in [-0.2, -0.15) is 0 Å². The van der Waals surface area contributed by atoms with E-state index >= 15 is 0 Å². The highest BCUT2D eigenvalue weighted by molar-refractivity contribution is 5.90. The second kappa shape index (κ2) is 5.78. The van der Waals surface area contributed by atoms with Crippen LogP contribution in [0.25, 0.3) is 0 Å². The molecule has 4 heteroatoms. The SMILES string of the molecule is COC(=O)c1ccccc1CN1CC(C)(C)OC(C)(C)C1. The molecule has 4 nitrogen and oxygen atoms in total. The normalized spacial score (nSPS) is 21.0. The highest BCUT2D eigenvalue weighted by Gasteiger charge is 2.38. The summed E-state index contributed by atoms with van der Waals surface area (Å²) in [5.74, 6) is -0.280. The summed E-state index contributed by atoms with van der Waals surface area (Å²) in [5.41, 5.74) is 1.25. The number of nitrogens with zero attached hydrogens (tertiary/aromatic N) is 1. The van der Waals surface area contributed by atoms with Crippen LogP contribution in [0.3, 0.4) is 0 Å². The van der Waals surface area contributed by atoms with E-state index in [0.29, 0.717) is 5.56 Å². The molecule has 0 radical (unpaired) electrons. The Hall–Kier alpha value is -1.39. The van der Waals surface area contributed by atoms with Gasteiger partial charge in [0.1, 0.15) is 0 Å². The summed E-state index contributed by atoms with van der Waals surface area (Å²) >= 11 is 0. The van der Waals surface area contributed by atoms with Crippen LogP contribution in [0.4, 0.5) is 0 Å². The predicted octanol–water partition coefficient (Wildman–Crippen LogP) is 2.86. The van der Waals surface area contributed by atoms with Crippen LogP contribution in [-0.2, 0) is 16.0 Å². The van der Waals surface area contributed by atoms with E-state index < -0.39 is 0 Å². The zero-order valence-electron chi connectivity index (χ0n) is 13.6. The fourth-order valence-electron chi connectivity index (χ4n) is 3.27. The number of benzene rings is 1. The standard InChI is InChI=1S/C17H25NO3/c1-16(2)11-18(12-17(3,4)21-16)10-13-8-6-7-9-14(13)15(19)20-5/h6-9H,10-12H2,1-5H3. The first-order chi connectivity index (χ1) is 9.72. The van der Waals surface area contributed by atoms with Gasteiger partial charge in [0, 0.05) is 19.6 Å². The third-order valence-corrected chi connectivity index (χ3v) is 3.58. The summed E-state index contributed by atoms with van der Waals surface area (Å²) in [7, 11) is 1.42. The van der Waals surface area contributed by atoms with E-state index in [-0.39, 0.29) is 17.2 Å². The minimum atomic E-state index is -0.280. The maximum Gasteiger partial charge on any atom is 0.338 e. The molecule has 0 atom stereocenters. The molecule has 1 saturated heterocycles. The molecule has 0 saturated carbocycles. The van der Waals surface area contributed by atoms with Gasteiger partial charge in [0.2, 0.25) is 0 Å². The first kappa shape index (κ1) is 16.0. The van der Waals surface area contributed by atoms with Crippen LogP contribution in [0.5, 0.6) is 0 Å². The number of carbonyl (C=O) groups excluding carboxylic acids is 1. The van der Waals surface area contributed by atoms with Crippen LogP contribution >= 0.6 is 0 Å². The largest absolute Gasteiger partial charge is 0.465 e. The summed E-state index contributed by atoms with van der Waals surface area (Å²) in [6.07, 6.45) is 0. The summed E-state index contributed by atoms with van der Waals surface area (Å²) in [5, 5.41) is 0. The summed E-state index contributed by atoms with van der Waals surface area (Å²) in [4.78, 5) is 14.2. The molecule has 2 rings (SSSR count). The molecule has 0 amide bonds. The zero-order chi connectivity index (χ0) is 15.7. The summed E-state index contributed by atoms with van der Waals surface area (Å²) < 4.78 is 11.0. The fraction of sp³-hybridized carbons (Fsp3) is 0.588. The Labute approximate surface area is 127 Å². The van der Waals surface area contributed by atoms with Crippen molar-refractivity contribution in [1.29, 1.82) is 0 Å².